The van der Waals surface area contributed by atoms with E-state index in [9.17, 15) is 8.42 Å². The van der Waals surface area contributed by atoms with Gasteiger partial charge < -0.3 is 21.0 Å². The van der Waals surface area contributed by atoms with Crippen molar-refractivity contribution in [2.24, 2.45) is 10.9 Å². The Morgan fingerprint density at radius 1 is 1.57 bits per heavy atom. The van der Waals surface area contributed by atoms with Crippen LogP contribution in [-0.4, -0.2) is 44.1 Å². The Labute approximate surface area is 123 Å². The van der Waals surface area contributed by atoms with Gasteiger partial charge in [-0.1, -0.05) is 5.16 Å². The van der Waals surface area contributed by atoms with E-state index in [0.29, 0.717) is 24.3 Å². The first kappa shape index (κ1) is 15.6. The number of methoxy groups -OCH3 is 1. The molecule has 1 aliphatic heterocycles. The molecule has 1 aromatic rings. The number of hydrogen-bond acceptors (Lipinski definition) is 6. The molecule has 21 heavy (non-hydrogen) atoms. The first-order valence-corrected chi connectivity index (χ1v) is 8.36. The Bertz CT molecular complexity index is 643. The average molecular weight is 313 g/mol. The third-order valence-electron chi connectivity index (χ3n) is 3.50. The minimum atomic E-state index is -2.91. The number of nitrogens with zero attached hydrogens (tertiary/aromatic N) is 1. The quantitative estimate of drug-likeness (QED) is 0.307. The average Bonchev–Trinajstić information content (AvgIpc) is 2.83. The monoisotopic (exact) mass is 313 g/mol. The standard InChI is InChI=1S/C13H19N3O4S/c1-20-12-3-2-9(13(14)16-17)6-10(12)7-15-11-4-5-21(18,19)8-11/h2-3,6,11,15,17H,4-5,7-8H2,1H3,(H2,14,16). The smallest absolute Gasteiger partial charge is 0.170 e. The fourth-order valence-corrected chi connectivity index (χ4v) is 4.05. The molecule has 1 heterocycles. The molecule has 0 radical (unpaired) electrons. The zero-order valence-corrected chi connectivity index (χ0v) is 12.6. The molecular weight excluding hydrogens is 294 g/mol. The Balaban J connectivity index is 2.11. The van der Waals surface area contributed by atoms with Crippen LogP contribution in [0.3, 0.4) is 0 Å². The van der Waals surface area contributed by atoms with E-state index in [-0.39, 0.29) is 23.4 Å². The number of hydrogen-bond donors (Lipinski definition) is 3. The summed E-state index contributed by atoms with van der Waals surface area (Å²) in [6.07, 6.45) is 0.616. The van der Waals surface area contributed by atoms with Crippen LogP contribution in [0.5, 0.6) is 5.75 Å². The highest BCUT2D eigenvalue weighted by molar-refractivity contribution is 7.91. The van der Waals surface area contributed by atoms with E-state index in [2.05, 4.69) is 10.5 Å². The SMILES string of the molecule is COc1ccc(/C(N)=N/O)cc1CNC1CCS(=O)(=O)C1. The van der Waals surface area contributed by atoms with Crippen LogP contribution in [0.15, 0.2) is 23.4 Å². The Morgan fingerprint density at radius 2 is 2.33 bits per heavy atom. The molecule has 116 valence electrons. The number of ether oxygens (including phenoxy) is 1. The summed E-state index contributed by atoms with van der Waals surface area (Å²) in [5.41, 5.74) is 6.97. The van der Waals surface area contributed by atoms with Gasteiger partial charge in [-0.2, -0.15) is 0 Å². The summed E-state index contributed by atoms with van der Waals surface area (Å²) < 4.78 is 28.1. The molecule has 0 spiro atoms. The van der Waals surface area contributed by atoms with Crippen molar-refractivity contribution >= 4 is 15.7 Å². The van der Waals surface area contributed by atoms with Crippen LogP contribution >= 0.6 is 0 Å². The summed E-state index contributed by atoms with van der Waals surface area (Å²) in [7, 11) is -1.35. The van der Waals surface area contributed by atoms with E-state index in [0.717, 1.165) is 5.56 Å². The molecule has 0 amide bonds. The summed E-state index contributed by atoms with van der Waals surface area (Å²) in [6, 6.07) is 5.13. The third kappa shape index (κ3) is 3.85. The van der Waals surface area contributed by atoms with Gasteiger partial charge in [0, 0.05) is 23.7 Å². The molecule has 1 aliphatic rings. The predicted molar refractivity (Wildman–Crippen MR) is 79.4 cm³/mol. The van der Waals surface area contributed by atoms with Crippen molar-refractivity contribution < 1.29 is 18.4 Å². The number of nitrogens with two attached hydrogens (primary N) is 1. The van der Waals surface area contributed by atoms with Crippen molar-refractivity contribution in [3.63, 3.8) is 0 Å². The van der Waals surface area contributed by atoms with E-state index >= 15 is 0 Å². The molecule has 0 saturated carbocycles. The van der Waals surface area contributed by atoms with Crippen LogP contribution in [0, 0.1) is 0 Å². The Morgan fingerprint density at radius 3 is 2.90 bits per heavy atom. The van der Waals surface area contributed by atoms with E-state index in [1.165, 1.54) is 0 Å². The van der Waals surface area contributed by atoms with E-state index < -0.39 is 9.84 Å². The maximum absolute atomic E-state index is 11.4. The van der Waals surface area contributed by atoms with Gasteiger partial charge in [-0.15, -0.1) is 0 Å². The second kappa shape index (κ2) is 6.31. The molecule has 1 atom stereocenters. The van der Waals surface area contributed by atoms with Crippen molar-refractivity contribution in [3.8, 4) is 5.75 Å². The zero-order valence-electron chi connectivity index (χ0n) is 11.7. The molecule has 0 aromatic heterocycles. The summed E-state index contributed by atoms with van der Waals surface area (Å²) in [5.74, 6) is 1.07. The Hall–Kier alpha value is -1.80. The lowest BCUT2D eigenvalue weighted by atomic mass is 10.1. The van der Waals surface area contributed by atoms with E-state index in [1.807, 2.05) is 0 Å². The van der Waals surface area contributed by atoms with Gasteiger partial charge in [-0.25, -0.2) is 8.42 Å². The first-order chi connectivity index (χ1) is 9.95. The third-order valence-corrected chi connectivity index (χ3v) is 5.27. The molecule has 1 saturated heterocycles. The van der Waals surface area contributed by atoms with Crippen molar-refractivity contribution in [3.05, 3.63) is 29.3 Å². The van der Waals surface area contributed by atoms with E-state index in [4.69, 9.17) is 15.7 Å². The lowest BCUT2D eigenvalue weighted by molar-refractivity contribution is 0.318. The van der Waals surface area contributed by atoms with Crippen LogP contribution in [0.4, 0.5) is 0 Å². The van der Waals surface area contributed by atoms with Crippen molar-refractivity contribution in [1.82, 2.24) is 5.32 Å². The number of amidine groups is 1. The van der Waals surface area contributed by atoms with Gasteiger partial charge in [0.05, 0.1) is 18.6 Å². The van der Waals surface area contributed by atoms with Gasteiger partial charge in [-0.3, -0.25) is 0 Å². The van der Waals surface area contributed by atoms with Crippen LogP contribution in [-0.2, 0) is 16.4 Å². The van der Waals surface area contributed by atoms with Gasteiger partial charge in [0.2, 0.25) is 0 Å². The van der Waals surface area contributed by atoms with Crippen LogP contribution < -0.4 is 15.8 Å². The molecule has 1 unspecified atom stereocenters. The topological polar surface area (TPSA) is 114 Å². The van der Waals surface area contributed by atoms with Gasteiger partial charge in [0.25, 0.3) is 0 Å². The molecule has 7 nitrogen and oxygen atoms in total. The predicted octanol–water partition coefficient (Wildman–Crippen LogP) is 0.0664. The maximum atomic E-state index is 11.4. The molecule has 0 bridgehead atoms. The number of benzene rings is 1. The van der Waals surface area contributed by atoms with E-state index in [1.54, 1.807) is 25.3 Å². The highest BCUT2D eigenvalue weighted by Gasteiger charge is 2.27. The summed E-state index contributed by atoms with van der Waals surface area (Å²) in [4.78, 5) is 0. The van der Waals surface area contributed by atoms with Gasteiger partial charge in [-0.05, 0) is 24.6 Å². The molecule has 4 N–H and O–H groups in total. The lowest BCUT2D eigenvalue weighted by Crippen LogP contribution is -2.29. The molecule has 2 rings (SSSR count). The van der Waals surface area contributed by atoms with Crippen LogP contribution in [0.1, 0.15) is 17.5 Å². The van der Waals surface area contributed by atoms with Gasteiger partial charge in [0.15, 0.2) is 15.7 Å². The first-order valence-electron chi connectivity index (χ1n) is 6.54. The lowest BCUT2D eigenvalue weighted by Gasteiger charge is -2.14. The van der Waals surface area contributed by atoms with Crippen molar-refractivity contribution in [2.45, 2.75) is 19.0 Å². The molecule has 0 aliphatic carbocycles. The fraction of sp³-hybridized carbons (Fsp3) is 0.462. The highest BCUT2D eigenvalue weighted by Crippen LogP contribution is 2.21. The maximum Gasteiger partial charge on any atom is 0.170 e. The molecule has 1 fully saturated rings. The molecule has 8 heteroatoms. The van der Waals surface area contributed by atoms with Crippen LogP contribution in [0.25, 0.3) is 0 Å². The van der Waals surface area contributed by atoms with Gasteiger partial charge in [0.1, 0.15) is 5.75 Å². The van der Waals surface area contributed by atoms with Gasteiger partial charge >= 0.3 is 0 Å². The minimum absolute atomic E-state index is 0.0161. The number of oxime groups is 1. The Kier molecular flexibility index (Phi) is 4.69. The highest BCUT2D eigenvalue weighted by atomic mass is 32.2. The zero-order chi connectivity index (χ0) is 15.5. The summed E-state index contributed by atoms with van der Waals surface area (Å²) in [5, 5.41) is 14.9. The largest absolute Gasteiger partial charge is 0.496 e. The fourth-order valence-electron chi connectivity index (χ4n) is 2.34. The normalized spacial score (nSPS) is 21.4. The summed E-state index contributed by atoms with van der Waals surface area (Å²) >= 11 is 0. The minimum Gasteiger partial charge on any atom is -0.496 e. The summed E-state index contributed by atoms with van der Waals surface area (Å²) in [6.45, 7) is 0.454. The molecule has 1 aromatic carbocycles. The number of rotatable bonds is 5. The van der Waals surface area contributed by atoms with Crippen molar-refractivity contribution in [2.75, 3.05) is 18.6 Å². The van der Waals surface area contributed by atoms with Crippen LogP contribution in [0.2, 0.25) is 0 Å². The molecular formula is C13H19N3O4S. The second-order valence-corrected chi connectivity index (χ2v) is 7.22. The second-order valence-electron chi connectivity index (χ2n) is 4.99. The van der Waals surface area contributed by atoms with Crippen molar-refractivity contribution in [1.29, 1.82) is 0 Å². The number of nitrogens with one attached hydrogen (secondary N) is 1. The number of sulfone groups is 1.